The Kier molecular flexibility index (Phi) is 6.29. The Morgan fingerprint density at radius 3 is 2.03 bits per heavy atom. The summed E-state index contributed by atoms with van der Waals surface area (Å²) in [6.07, 6.45) is -0.700. The molecule has 0 spiro atoms. The SMILES string of the molecule is NC[C@@H](NC(=O)OCC1c2ccccc2-c2ccccc21)C(=O)OCc1ccccc1. The molecule has 1 atom stereocenters. The molecule has 0 bridgehead atoms. The van der Waals surface area contributed by atoms with Crippen LogP contribution in [0.5, 0.6) is 0 Å². The van der Waals surface area contributed by atoms with E-state index in [1.807, 2.05) is 66.7 Å². The number of rotatable bonds is 7. The highest BCUT2D eigenvalue weighted by Gasteiger charge is 2.29. The van der Waals surface area contributed by atoms with E-state index in [4.69, 9.17) is 15.2 Å². The Morgan fingerprint density at radius 2 is 1.42 bits per heavy atom. The zero-order chi connectivity index (χ0) is 21.6. The first-order chi connectivity index (χ1) is 15.2. The predicted molar refractivity (Wildman–Crippen MR) is 117 cm³/mol. The second-order valence-electron chi connectivity index (χ2n) is 7.35. The van der Waals surface area contributed by atoms with E-state index in [0.717, 1.165) is 27.8 Å². The third kappa shape index (κ3) is 4.59. The molecule has 0 saturated carbocycles. The molecule has 0 unspecified atom stereocenters. The van der Waals surface area contributed by atoms with E-state index in [0.29, 0.717) is 0 Å². The molecule has 0 heterocycles. The fraction of sp³-hybridized carbons (Fsp3) is 0.200. The van der Waals surface area contributed by atoms with Gasteiger partial charge in [0.2, 0.25) is 0 Å². The fourth-order valence-corrected chi connectivity index (χ4v) is 3.83. The third-order valence-electron chi connectivity index (χ3n) is 5.38. The van der Waals surface area contributed by atoms with Crippen LogP contribution in [0.2, 0.25) is 0 Å². The molecule has 0 saturated heterocycles. The van der Waals surface area contributed by atoms with Crippen molar-refractivity contribution in [1.29, 1.82) is 0 Å². The van der Waals surface area contributed by atoms with Crippen LogP contribution in [0.3, 0.4) is 0 Å². The molecule has 3 N–H and O–H groups in total. The highest BCUT2D eigenvalue weighted by Crippen LogP contribution is 2.44. The summed E-state index contributed by atoms with van der Waals surface area (Å²) < 4.78 is 10.7. The number of nitrogens with two attached hydrogens (primary N) is 1. The summed E-state index contributed by atoms with van der Waals surface area (Å²) in [5.41, 5.74) is 11.1. The van der Waals surface area contributed by atoms with Crippen LogP contribution >= 0.6 is 0 Å². The van der Waals surface area contributed by atoms with Crippen molar-refractivity contribution in [1.82, 2.24) is 5.32 Å². The van der Waals surface area contributed by atoms with Gasteiger partial charge in [0.25, 0.3) is 0 Å². The molecule has 4 rings (SSSR count). The van der Waals surface area contributed by atoms with Crippen molar-refractivity contribution in [3.05, 3.63) is 95.6 Å². The van der Waals surface area contributed by atoms with E-state index >= 15 is 0 Å². The number of carbonyl (C=O) groups is 2. The molecule has 3 aromatic carbocycles. The van der Waals surface area contributed by atoms with Crippen molar-refractivity contribution in [3.8, 4) is 11.1 Å². The molecule has 0 aromatic heterocycles. The van der Waals surface area contributed by atoms with Crippen LogP contribution in [0.4, 0.5) is 4.79 Å². The largest absolute Gasteiger partial charge is 0.459 e. The Morgan fingerprint density at radius 1 is 0.839 bits per heavy atom. The molecule has 31 heavy (non-hydrogen) atoms. The quantitative estimate of drug-likeness (QED) is 0.575. The topological polar surface area (TPSA) is 90.6 Å². The van der Waals surface area contributed by atoms with Crippen LogP contribution in [0, 0.1) is 0 Å². The molecular formula is C25H24N2O4. The number of esters is 1. The lowest BCUT2D eigenvalue weighted by Crippen LogP contribution is -2.47. The van der Waals surface area contributed by atoms with Crippen LogP contribution in [0.25, 0.3) is 11.1 Å². The number of fused-ring (bicyclic) bond motifs is 3. The maximum absolute atomic E-state index is 12.4. The number of carbonyl (C=O) groups excluding carboxylic acids is 2. The standard InChI is InChI=1S/C25H24N2O4/c26-14-23(24(28)30-15-17-8-2-1-3-9-17)27-25(29)31-16-22-20-12-6-4-10-18(20)19-11-5-7-13-21(19)22/h1-13,22-23H,14-16,26H2,(H,27,29)/t23-/m1/s1. The van der Waals surface area contributed by atoms with Crippen molar-refractivity contribution in [2.75, 3.05) is 13.2 Å². The number of hydrogen-bond donors (Lipinski definition) is 2. The zero-order valence-electron chi connectivity index (χ0n) is 17.0. The van der Waals surface area contributed by atoms with Gasteiger partial charge in [-0.05, 0) is 27.8 Å². The van der Waals surface area contributed by atoms with Gasteiger partial charge in [0, 0.05) is 12.5 Å². The minimum Gasteiger partial charge on any atom is -0.459 e. The van der Waals surface area contributed by atoms with Crippen molar-refractivity contribution in [2.24, 2.45) is 5.73 Å². The average molecular weight is 416 g/mol. The van der Waals surface area contributed by atoms with Crippen LogP contribution in [0.1, 0.15) is 22.6 Å². The van der Waals surface area contributed by atoms with Gasteiger partial charge < -0.3 is 20.5 Å². The number of hydrogen-bond acceptors (Lipinski definition) is 5. The molecule has 0 fully saturated rings. The summed E-state index contributed by atoms with van der Waals surface area (Å²) in [6.45, 7) is 0.191. The van der Waals surface area contributed by atoms with Gasteiger partial charge in [-0.15, -0.1) is 0 Å². The van der Waals surface area contributed by atoms with Gasteiger partial charge in [-0.2, -0.15) is 0 Å². The average Bonchev–Trinajstić information content (AvgIpc) is 3.14. The van der Waals surface area contributed by atoms with E-state index in [-0.39, 0.29) is 25.7 Å². The minimum atomic E-state index is -0.973. The number of benzene rings is 3. The second kappa shape index (κ2) is 9.45. The first-order valence-corrected chi connectivity index (χ1v) is 10.2. The van der Waals surface area contributed by atoms with Crippen molar-refractivity contribution >= 4 is 12.1 Å². The fourth-order valence-electron chi connectivity index (χ4n) is 3.83. The lowest BCUT2D eigenvalue weighted by molar-refractivity contribution is -0.147. The normalized spacial score (nSPS) is 13.1. The van der Waals surface area contributed by atoms with Gasteiger partial charge in [-0.3, -0.25) is 0 Å². The lowest BCUT2D eigenvalue weighted by atomic mass is 9.98. The van der Waals surface area contributed by atoms with Crippen molar-refractivity contribution < 1.29 is 19.1 Å². The molecule has 3 aromatic rings. The molecule has 1 amide bonds. The number of amides is 1. The van der Waals surface area contributed by atoms with E-state index < -0.39 is 18.1 Å². The van der Waals surface area contributed by atoms with Crippen molar-refractivity contribution in [3.63, 3.8) is 0 Å². The van der Waals surface area contributed by atoms with Crippen LogP contribution in [-0.4, -0.2) is 31.3 Å². The lowest BCUT2D eigenvalue weighted by Gasteiger charge is -2.18. The molecular weight excluding hydrogens is 392 g/mol. The van der Waals surface area contributed by atoms with Gasteiger partial charge in [-0.25, -0.2) is 9.59 Å². The van der Waals surface area contributed by atoms with E-state index in [1.165, 1.54) is 0 Å². The molecule has 0 radical (unpaired) electrons. The van der Waals surface area contributed by atoms with Gasteiger partial charge >= 0.3 is 12.1 Å². The van der Waals surface area contributed by atoms with E-state index in [9.17, 15) is 9.59 Å². The summed E-state index contributed by atoms with van der Waals surface area (Å²) in [4.78, 5) is 24.7. The van der Waals surface area contributed by atoms with Crippen molar-refractivity contribution in [2.45, 2.75) is 18.6 Å². The highest BCUT2D eigenvalue weighted by atomic mass is 16.6. The summed E-state index contributed by atoms with van der Waals surface area (Å²) >= 11 is 0. The molecule has 0 aliphatic heterocycles. The Balaban J connectivity index is 1.35. The van der Waals surface area contributed by atoms with E-state index in [2.05, 4.69) is 17.4 Å². The Bertz CT molecular complexity index is 1020. The van der Waals surface area contributed by atoms with Crippen LogP contribution in [0.15, 0.2) is 78.9 Å². The Labute approximate surface area is 181 Å². The predicted octanol–water partition coefficient (Wildman–Crippen LogP) is 3.60. The second-order valence-corrected chi connectivity index (χ2v) is 7.35. The maximum Gasteiger partial charge on any atom is 0.407 e. The summed E-state index contributed by atoms with van der Waals surface area (Å²) in [6, 6.07) is 24.5. The zero-order valence-corrected chi connectivity index (χ0v) is 17.0. The molecule has 6 heteroatoms. The molecule has 1 aliphatic carbocycles. The van der Waals surface area contributed by atoms with Gasteiger partial charge in [0.05, 0.1) is 0 Å². The summed E-state index contributed by atoms with van der Waals surface area (Å²) in [5, 5.41) is 2.51. The minimum absolute atomic E-state index is 0.0560. The maximum atomic E-state index is 12.4. The number of ether oxygens (including phenoxy) is 2. The first kappa shape index (κ1) is 20.6. The number of nitrogens with one attached hydrogen (secondary N) is 1. The number of alkyl carbamates (subject to hydrolysis) is 1. The van der Waals surface area contributed by atoms with Gasteiger partial charge in [-0.1, -0.05) is 78.9 Å². The summed E-state index contributed by atoms with van der Waals surface area (Å²) in [5.74, 6) is -0.653. The highest BCUT2D eigenvalue weighted by molar-refractivity contribution is 5.82. The Hall–Kier alpha value is -3.64. The van der Waals surface area contributed by atoms with Gasteiger partial charge in [0.1, 0.15) is 19.3 Å². The molecule has 158 valence electrons. The molecule has 6 nitrogen and oxygen atoms in total. The van der Waals surface area contributed by atoms with E-state index in [1.54, 1.807) is 0 Å². The van der Waals surface area contributed by atoms with Crippen LogP contribution < -0.4 is 11.1 Å². The smallest absolute Gasteiger partial charge is 0.407 e. The molecule has 1 aliphatic rings. The monoisotopic (exact) mass is 416 g/mol. The summed E-state index contributed by atoms with van der Waals surface area (Å²) in [7, 11) is 0. The van der Waals surface area contributed by atoms with Gasteiger partial charge in [0.15, 0.2) is 0 Å². The van der Waals surface area contributed by atoms with Crippen LogP contribution in [-0.2, 0) is 20.9 Å². The third-order valence-corrected chi connectivity index (χ3v) is 5.38. The first-order valence-electron chi connectivity index (χ1n) is 10.2.